The van der Waals surface area contributed by atoms with E-state index in [2.05, 4.69) is 105 Å². The molecular weight excluding hydrogens is 576 g/mol. The van der Waals surface area contributed by atoms with Gasteiger partial charge in [-0.1, -0.05) is 80.4 Å². The summed E-state index contributed by atoms with van der Waals surface area (Å²) in [5, 5.41) is 35.7. The number of hydrogen-bond donors (Lipinski definition) is 2. The highest BCUT2D eigenvalue weighted by atomic mass is 79.9. The van der Waals surface area contributed by atoms with Gasteiger partial charge in [0.1, 0.15) is 11.5 Å². The molecule has 170 valence electrons. The van der Waals surface area contributed by atoms with Gasteiger partial charge >= 0.3 is 0 Å². The summed E-state index contributed by atoms with van der Waals surface area (Å²) in [6, 6.07) is 28.8. The predicted octanol–water partition coefficient (Wildman–Crippen LogP) is 10.1. The highest BCUT2D eigenvalue weighted by Gasteiger charge is 2.22. The van der Waals surface area contributed by atoms with Crippen molar-refractivity contribution in [1.29, 1.82) is 0 Å². The van der Waals surface area contributed by atoms with Crippen LogP contribution >= 0.6 is 31.9 Å². The van der Waals surface area contributed by atoms with Gasteiger partial charge in [0, 0.05) is 20.1 Å². The molecule has 0 unspecified atom stereocenters. The predicted molar refractivity (Wildman–Crippen MR) is 158 cm³/mol. The van der Waals surface area contributed by atoms with Gasteiger partial charge in [0.25, 0.3) is 0 Å². The van der Waals surface area contributed by atoms with E-state index >= 15 is 0 Å². The Hall–Kier alpha value is -3.60. The Labute approximate surface area is 222 Å². The molecule has 0 aliphatic carbocycles. The first-order chi connectivity index (χ1) is 17.5. The largest absolute Gasteiger partial charge is 0.507 e. The second kappa shape index (κ2) is 7.00. The van der Waals surface area contributed by atoms with Crippen molar-refractivity contribution in [3.8, 4) is 22.6 Å². The van der Waals surface area contributed by atoms with Crippen LogP contribution in [-0.2, 0) is 0 Å². The van der Waals surface area contributed by atoms with Crippen LogP contribution in [0.4, 0.5) is 0 Å². The Morgan fingerprint density at radius 2 is 0.694 bits per heavy atom. The summed E-state index contributed by atoms with van der Waals surface area (Å²) in [5.41, 5.74) is 1.33. The van der Waals surface area contributed by atoms with E-state index in [0.717, 1.165) is 73.6 Å². The molecule has 8 aromatic rings. The third kappa shape index (κ3) is 2.61. The lowest BCUT2D eigenvalue weighted by Crippen LogP contribution is -1.92. The van der Waals surface area contributed by atoms with Gasteiger partial charge in [-0.05, 0) is 101 Å². The zero-order valence-electron chi connectivity index (χ0n) is 18.7. The second-order valence-electron chi connectivity index (χ2n) is 9.55. The van der Waals surface area contributed by atoms with Gasteiger partial charge in [-0.15, -0.1) is 0 Å². The van der Waals surface area contributed by atoms with Crippen molar-refractivity contribution in [3.63, 3.8) is 0 Å². The van der Waals surface area contributed by atoms with Crippen LogP contribution in [0, 0.1) is 0 Å². The summed E-state index contributed by atoms with van der Waals surface area (Å²) in [6.07, 6.45) is 0. The van der Waals surface area contributed by atoms with E-state index in [1.165, 1.54) is 0 Å². The zero-order valence-corrected chi connectivity index (χ0v) is 21.9. The van der Waals surface area contributed by atoms with Crippen LogP contribution in [0.5, 0.6) is 11.5 Å². The van der Waals surface area contributed by atoms with E-state index in [1.807, 2.05) is 12.1 Å². The van der Waals surface area contributed by atoms with Crippen LogP contribution < -0.4 is 0 Å². The van der Waals surface area contributed by atoms with Gasteiger partial charge in [-0.2, -0.15) is 0 Å². The van der Waals surface area contributed by atoms with Gasteiger partial charge in [0.05, 0.1) is 0 Å². The van der Waals surface area contributed by atoms with Crippen molar-refractivity contribution in [2.75, 3.05) is 0 Å². The quantitative estimate of drug-likeness (QED) is 0.186. The van der Waals surface area contributed by atoms with Gasteiger partial charge in [-0.25, -0.2) is 0 Å². The van der Waals surface area contributed by atoms with Crippen molar-refractivity contribution in [1.82, 2.24) is 0 Å². The highest BCUT2D eigenvalue weighted by Crippen LogP contribution is 2.51. The first-order valence-corrected chi connectivity index (χ1v) is 13.3. The van der Waals surface area contributed by atoms with Crippen molar-refractivity contribution in [3.05, 3.63) is 93.9 Å². The fourth-order valence-electron chi connectivity index (χ4n) is 6.21. The van der Waals surface area contributed by atoms with Crippen molar-refractivity contribution < 1.29 is 10.2 Å². The Morgan fingerprint density at radius 3 is 1.06 bits per heavy atom. The molecule has 2 N–H and O–H groups in total. The minimum absolute atomic E-state index is 0.162. The SMILES string of the molecule is Oc1cc2ccc3cc(Br)cc4ccc(c1-c1c(O)cc5ccc6cc(Br)cc7ccc1c5c67)c2c34. The molecule has 0 fully saturated rings. The molecule has 4 heteroatoms. The second-order valence-corrected chi connectivity index (χ2v) is 11.4. The average molecular weight is 592 g/mol. The molecule has 0 saturated heterocycles. The summed E-state index contributed by atoms with van der Waals surface area (Å²) in [5.74, 6) is 0.324. The minimum Gasteiger partial charge on any atom is -0.507 e. The van der Waals surface area contributed by atoms with E-state index < -0.39 is 0 Å². The summed E-state index contributed by atoms with van der Waals surface area (Å²) in [7, 11) is 0. The third-order valence-electron chi connectivity index (χ3n) is 7.57. The molecule has 0 amide bonds. The lowest BCUT2D eigenvalue weighted by atomic mass is 9.85. The van der Waals surface area contributed by atoms with Crippen molar-refractivity contribution >= 4 is 96.5 Å². The van der Waals surface area contributed by atoms with Crippen molar-refractivity contribution in [2.24, 2.45) is 0 Å². The molecule has 0 aromatic heterocycles. The fraction of sp³-hybridized carbons (Fsp3) is 0. The number of halogens is 2. The number of aromatic hydroxyl groups is 2. The third-order valence-corrected chi connectivity index (χ3v) is 8.49. The number of hydrogen-bond acceptors (Lipinski definition) is 2. The standard InChI is InChI=1S/C32H16Br2O2/c33-21-9-15-1-3-19-13-25(35)31(23-7-5-17(11-21)27(15)29(19)23)32-24-8-6-18-12-22(34)10-16-2-4-20(14-26(32)36)30(24)28(16)18/h1-14,35-36H. The molecule has 0 heterocycles. The summed E-state index contributed by atoms with van der Waals surface area (Å²) < 4.78 is 2.07. The van der Waals surface area contributed by atoms with E-state index in [1.54, 1.807) is 0 Å². The molecule has 0 radical (unpaired) electrons. The van der Waals surface area contributed by atoms with Crippen LogP contribution in [0.3, 0.4) is 0 Å². The smallest absolute Gasteiger partial charge is 0.124 e. The molecule has 0 atom stereocenters. The van der Waals surface area contributed by atoms with Crippen LogP contribution in [0.25, 0.3) is 75.8 Å². The van der Waals surface area contributed by atoms with Gasteiger partial charge in [-0.3, -0.25) is 0 Å². The number of phenols is 2. The van der Waals surface area contributed by atoms with Crippen LogP contribution in [-0.4, -0.2) is 10.2 Å². The Morgan fingerprint density at radius 1 is 0.389 bits per heavy atom. The number of benzene rings is 8. The Balaban J connectivity index is 1.59. The van der Waals surface area contributed by atoms with E-state index in [4.69, 9.17) is 0 Å². The molecular formula is C32H16Br2O2. The lowest BCUT2D eigenvalue weighted by Gasteiger charge is -2.20. The molecule has 0 aliphatic heterocycles. The van der Waals surface area contributed by atoms with E-state index in [-0.39, 0.29) is 11.5 Å². The Kier molecular flexibility index (Phi) is 4.00. The highest BCUT2D eigenvalue weighted by molar-refractivity contribution is 9.10. The van der Waals surface area contributed by atoms with Gasteiger partial charge in [0.15, 0.2) is 0 Å². The van der Waals surface area contributed by atoms with Crippen LogP contribution in [0.2, 0.25) is 0 Å². The summed E-state index contributed by atoms with van der Waals surface area (Å²) >= 11 is 7.27. The molecule has 0 spiro atoms. The van der Waals surface area contributed by atoms with Crippen LogP contribution in [0.1, 0.15) is 0 Å². The molecule has 0 aliphatic rings. The number of phenolic OH excluding ortho intramolecular Hbond substituents is 2. The first-order valence-electron chi connectivity index (χ1n) is 11.7. The topological polar surface area (TPSA) is 40.5 Å². The Bertz CT molecular complexity index is 2000. The maximum Gasteiger partial charge on any atom is 0.124 e. The molecule has 0 saturated carbocycles. The van der Waals surface area contributed by atoms with Gasteiger partial charge < -0.3 is 10.2 Å². The van der Waals surface area contributed by atoms with Crippen LogP contribution in [0.15, 0.2) is 93.9 Å². The van der Waals surface area contributed by atoms with Crippen molar-refractivity contribution in [2.45, 2.75) is 0 Å². The lowest BCUT2D eigenvalue weighted by molar-refractivity contribution is 0.471. The first kappa shape index (κ1) is 20.6. The number of rotatable bonds is 1. The average Bonchev–Trinajstić information content (AvgIpc) is 2.85. The molecule has 2 nitrogen and oxygen atoms in total. The minimum atomic E-state index is 0.162. The zero-order chi connectivity index (χ0) is 24.3. The van der Waals surface area contributed by atoms with Gasteiger partial charge in [0.2, 0.25) is 0 Å². The monoisotopic (exact) mass is 590 g/mol. The van der Waals surface area contributed by atoms with E-state index in [9.17, 15) is 10.2 Å². The normalized spacial score (nSPS) is 12.4. The molecule has 0 bridgehead atoms. The van der Waals surface area contributed by atoms with E-state index in [0.29, 0.717) is 11.1 Å². The summed E-state index contributed by atoms with van der Waals surface area (Å²) in [4.78, 5) is 0. The maximum atomic E-state index is 11.4. The molecule has 8 rings (SSSR count). The maximum absolute atomic E-state index is 11.4. The molecule has 8 aromatic carbocycles. The summed E-state index contributed by atoms with van der Waals surface area (Å²) in [6.45, 7) is 0. The fourth-order valence-corrected chi connectivity index (χ4v) is 7.19. The molecule has 36 heavy (non-hydrogen) atoms.